The number of carbonyl (C=O) groups is 1. The van der Waals surface area contributed by atoms with Gasteiger partial charge in [-0.2, -0.15) is 0 Å². The average Bonchev–Trinajstić information content (AvgIpc) is 2.59. The number of pyridine rings is 2. The molecule has 2 aromatic heterocycles. The van der Waals surface area contributed by atoms with E-state index in [4.69, 9.17) is 4.74 Å². The van der Waals surface area contributed by atoms with Gasteiger partial charge in [0.15, 0.2) is 0 Å². The summed E-state index contributed by atoms with van der Waals surface area (Å²) in [6.07, 6.45) is 1.69. The number of aryl methyl sites for hydroxylation is 1. The molecule has 0 aliphatic carbocycles. The molecule has 5 heteroatoms. The van der Waals surface area contributed by atoms with E-state index in [0.717, 1.165) is 22.2 Å². The van der Waals surface area contributed by atoms with Gasteiger partial charge in [0, 0.05) is 29.9 Å². The number of benzene rings is 1. The molecule has 23 heavy (non-hydrogen) atoms. The lowest BCUT2D eigenvalue weighted by Crippen LogP contribution is -2.23. The van der Waals surface area contributed by atoms with E-state index in [0.29, 0.717) is 18.0 Å². The number of amides is 1. The van der Waals surface area contributed by atoms with E-state index in [1.165, 1.54) is 0 Å². The average molecular weight is 307 g/mol. The Kier molecular flexibility index (Phi) is 4.19. The van der Waals surface area contributed by atoms with Gasteiger partial charge in [0.2, 0.25) is 5.88 Å². The Labute approximate surface area is 134 Å². The van der Waals surface area contributed by atoms with Crippen LogP contribution < -0.4 is 10.1 Å². The third-order valence-electron chi connectivity index (χ3n) is 3.55. The molecule has 0 fully saturated rings. The van der Waals surface area contributed by atoms with E-state index < -0.39 is 0 Å². The zero-order valence-corrected chi connectivity index (χ0v) is 13.0. The molecule has 5 nitrogen and oxygen atoms in total. The van der Waals surface area contributed by atoms with Gasteiger partial charge in [-0.1, -0.05) is 24.3 Å². The molecule has 3 aromatic rings. The van der Waals surface area contributed by atoms with E-state index in [-0.39, 0.29) is 5.91 Å². The smallest absolute Gasteiger partial charge is 0.252 e. The lowest BCUT2D eigenvalue weighted by atomic mass is 10.1. The van der Waals surface area contributed by atoms with Crippen molar-refractivity contribution in [1.29, 1.82) is 0 Å². The molecule has 1 N–H and O–H groups in total. The SMILES string of the molecule is COc1ccc(CNC(=O)c2cc(C)nc3ccccc23)cn1. The highest BCUT2D eigenvalue weighted by Gasteiger charge is 2.11. The molecule has 2 heterocycles. The van der Waals surface area contributed by atoms with Crippen LogP contribution in [-0.2, 0) is 6.54 Å². The first-order valence-electron chi connectivity index (χ1n) is 7.31. The summed E-state index contributed by atoms with van der Waals surface area (Å²) >= 11 is 0. The van der Waals surface area contributed by atoms with E-state index in [1.807, 2.05) is 43.3 Å². The fraction of sp³-hybridized carbons (Fsp3) is 0.167. The van der Waals surface area contributed by atoms with Crippen LogP contribution in [0.2, 0.25) is 0 Å². The van der Waals surface area contributed by atoms with Gasteiger partial charge in [0.1, 0.15) is 0 Å². The van der Waals surface area contributed by atoms with Gasteiger partial charge < -0.3 is 10.1 Å². The Bertz CT molecular complexity index is 845. The number of hydrogen-bond donors (Lipinski definition) is 1. The van der Waals surface area contributed by atoms with Crippen molar-refractivity contribution in [3.63, 3.8) is 0 Å². The monoisotopic (exact) mass is 307 g/mol. The fourth-order valence-electron chi connectivity index (χ4n) is 2.41. The number of para-hydroxylation sites is 1. The predicted molar refractivity (Wildman–Crippen MR) is 88.4 cm³/mol. The van der Waals surface area contributed by atoms with Crippen LogP contribution in [-0.4, -0.2) is 23.0 Å². The molecule has 0 radical (unpaired) electrons. The lowest BCUT2D eigenvalue weighted by molar-refractivity contribution is 0.0952. The zero-order valence-electron chi connectivity index (χ0n) is 13.0. The highest BCUT2D eigenvalue weighted by Crippen LogP contribution is 2.18. The van der Waals surface area contributed by atoms with Crippen molar-refractivity contribution in [3.05, 3.63) is 65.5 Å². The quantitative estimate of drug-likeness (QED) is 0.805. The Hall–Kier alpha value is -2.95. The van der Waals surface area contributed by atoms with Crippen molar-refractivity contribution < 1.29 is 9.53 Å². The maximum absolute atomic E-state index is 12.5. The number of hydrogen-bond acceptors (Lipinski definition) is 4. The zero-order chi connectivity index (χ0) is 16.2. The van der Waals surface area contributed by atoms with Gasteiger partial charge in [-0.3, -0.25) is 9.78 Å². The summed E-state index contributed by atoms with van der Waals surface area (Å²) < 4.78 is 5.02. The third kappa shape index (κ3) is 3.29. The third-order valence-corrected chi connectivity index (χ3v) is 3.55. The second kappa shape index (κ2) is 6.44. The van der Waals surface area contributed by atoms with Crippen LogP contribution in [0.25, 0.3) is 10.9 Å². The van der Waals surface area contributed by atoms with Gasteiger partial charge in [-0.25, -0.2) is 4.98 Å². The molecule has 0 aliphatic rings. The Morgan fingerprint density at radius 2 is 2.04 bits per heavy atom. The van der Waals surface area contributed by atoms with Crippen LogP contribution in [0, 0.1) is 6.92 Å². The molecular formula is C18H17N3O2. The molecule has 116 valence electrons. The molecule has 0 spiro atoms. The minimum absolute atomic E-state index is 0.123. The van der Waals surface area contributed by atoms with Gasteiger partial charge in [0.25, 0.3) is 5.91 Å². The van der Waals surface area contributed by atoms with E-state index >= 15 is 0 Å². The molecule has 0 aliphatic heterocycles. The Morgan fingerprint density at radius 3 is 2.78 bits per heavy atom. The molecule has 0 saturated carbocycles. The highest BCUT2D eigenvalue weighted by molar-refractivity contribution is 6.06. The summed E-state index contributed by atoms with van der Waals surface area (Å²) in [6, 6.07) is 13.1. The van der Waals surface area contributed by atoms with Crippen LogP contribution in [0.4, 0.5) is 0 Å². The van der Waals surface area contributed by atoms with Gasteiger partial charge >= 0.3 is 0 Å². The first kappa shape index (κ1) is 15.0. The van der Waals surface area contributed by atoms with Crippen molar-refractivity contribution in [2.45, 2.75) is 13.5 Å². The second-order valence-corrected chi connectivity index (χ2v) is 5.22. The Morgan fingerprint density at radius 1 is 1.22 bits per heavy atom. The number of aromatic nitrogens is 2. The molecule has 0 atom stereocenters. The van der Waals surface area contributed by atoms with Crippen molar-refractivity contribution in [2.24, 2.45) is 0 Å². The molecule has 0 bridgehead atoms. The summed E-state index contributed by atoms with van der Waals surface area (Å²) in [5, 5.41) is 3.77. The number of ether oxygens (including phenoxy) is 1. The minimum atomic E-state index is -0.123. The molecule has 1 aromatic carbocycles. The van der Waals surface area contributed by atoms with Gasteiger partial charge in [-0.15, -0.1) is 0 Å². The number of rotatable bonds is 4. The molecular weight excluding hydrogens is 290 g/mol. The summed E-state index contributed by atoms with van der Waals surface area (Å²) in [4.78, 5) is 21.1. The predicted octanol–water partition coefficient (Wildman–Crippen LogP) is 2.88. The standard InChI is InChI=1S/C18H17N3O2/c1-12-9-15(14-5-3-4-6-16(14)21-12)18(22)20-11-13-7-8-17(23-2)19-10-13/h3-10H,11H2,1-2H3,(H,20,22). The normalized spacial score (nSPS) is 10.5. The van der Waals surface area contributed by atoms with Crippen LogP contribution in [0.5, 0.6) is 5.88 Å². The van der Waals surface area contributed by atoms with Crippen LogP contribution in [0.3, 0.4) is 0 Å². The first-order valence-corrected chi connectivity index (χ1v) is 7.31. The summed E-state index contributed by atoms with van der Waals surface area (Å²) in [5.41, 5.74) is 3.19. The van der Waals surface area contributed by atoms with Crippen molar-refractivity contribution in [1.82, 2.24) is 15.3 Å². The maximum Gasteiger partial charge on any atom is 0.252 e. The molecule has 0 unspecified atom stereocenters. The van der Waals surface area contributed by atoms with E-state index in [9.17, 15) is 4.79 Å². The number of fused-ring (bicyclic) bond motifs is 1. The fourth-order valence-corrected chi connectivity index (χ4v) is 2.41. The van der Waals surface area contributed by atoms with E-state index in [2.05, 4.69) is 15.3 Å². The van der Waals surface area contributed by atoms with Gasteiger partial charge in [0.05, 0.1) is 18.2 Å². The van der Waals surface area contributed by atoms with Gasteiger partial charge in [-0.05, 0) is 24.6 Å². The lowest BCUT2D eigenvalue weighted by Gasteiger charge is -2.09. The van der Waals surface area contributed by atoms with Crippen molar-refractivity contribution >= 4 is 16.8 Å². The van der Waals surface area contributed by atoms with Crippen LogP contribution in [0.1, 0.15) is 21.6 Å². The minimum Gasteiger partial charge on any atom is -0.481 e. The number of methoxy groups -OCH3 is 1. The summed E-state index contributed by atoms with van der Waals surface area (Å²) in [7, 11) is 1.57. The Balaban J connectivity index is 1.80. The van der Waals surface area contributed by atoms with Crippen LogP contribution >= 0.6 is 0 Å². The summed E-state index contributed by atoms with van der Waals surface area (Å²) in [6.45, 7) is 2.29. The van der Waals surface area contributed by atoms with Crippen LogP contribution in [0.15, 0.2) is 48.7 Å². The van der Waals surface area contributed by atoms with Crippen molar-refractivity contribution in [2.75, 3.05) is 7.11 Å². The highest BCUT2D eigenvalue weighted by atomic mass is 16.5. The van der Waals surface area contributed by atoms with E-state index in [1.54, 1.807) is 19.4 Å². The maximum atomic E-state index is 12.5. The molecule has 3 rings (SSSR count). The van der Waals surface area contributed by atoms with Crippen molar-refractivity contribution in [3.8, 4) is 5.88 Å². The topological polar surface area (TPSA) is 64.1 Å². The molecule has 1 amide bonds. The first-order chi connectivity index (χ1) is 11.2. The summed E-state index contributed by atoms with van der Waals surface area (Å²) in [5.74, 6) is 0.429. The number of carbonyl (C=O) groups excluding carboxylic acids is 1. The largest absolute Gasteiger partial charge is 0.481 e. The molecule has 0 saturated heterocycles. The number of nitrogens with one attached hydrogen (secondary N) is 1. The second-order valence-electron chi connectivity index (χ2n) is 5.22. The number of nitrogens with zero attached hydrogens (tertiary/aromatic N) is 2.